The van der Waals surface area contributed by atoms with E-state index in [1.54, 1.807) is 6.08 Å². The van der Waals surface area contributed by atoms with E-state index in [9.17, 15) is 9.18 Å². The molecule has 4 rings (SSSR count). The Morgan fingerprint density at radius 1 is 0.926 bits per heavy atom. The number of allylic oxidation sites excluding steroid dienone is 3. The average molecular weight is 356 g/mol. The topological polar surface area (TPSA) is 26.3 Å². The van der Waals surface area contributed by atoms with E-state index in [2.05, 4.69) is 0 Å². The van der Waals surface area contributed by atoms with E-state index >= 15 is 0 Å². The van der Waals surface area contributed by atoms with Crippen LogP contribution < -0.4 is 4.74 Å². The Labute approximate surface area is 157 Å². The standard InChI is InChI=1S/C24H17FO2/c1-16-6-8-18(9-7-16)24-15-19(21-4-2-3-5-23(21)27-24)14-22(26)17-10-12-20(25)13-11-17/h2-15H,1H3/b19-14+. The third kappa shape index (κ3) is 3.58. The van der Waals surface area contributed by atoms with Crippen LogP contribution in [0.25, 0.3) is 11.3 Å². The molecule has 27 heavy (non-hydrogen) atoms. The second-order valence-corrected chi connectivity index (χ2v) is 6.44. The first-order chi connectivity index (χ1) is 13.1. The van der Waals surface area contributed by atoms with Crippen LogP contribution in [0.2, 0.25) is 0 Å². The number of aryl methyl sites for hydroxylation is 1. The highest BCUT2D eigenvalue weighted by Crippen LogP contribution is 2.37. The molecule has 1 heterocycles. The van der Waals surface area contributed by atoms with E-state index in [1.807, 2.05) is 61.5 Å². The van der Waals surface area contributed by atoms with Crippen LogP contribution in [-0.2, 0) is 0 Å². The fourth-order valence-electron chi connectivity index (χ4n) is 2.98. The SMILES string of the molecule is Cc1ccc(C2=C/C(=C\C(=O)c3ccc(F)cc3)c3ccccc3O2)cc1. The van der Waals surface area contributed by atoms with Crippen LogP contribution in [0.3, 0.4) is 0 Å². The van der Waals surface area contributed by atoms with Crippen LogP contribution >= 0.6 is 0 Å². The summed E-state index contributed by atoms with van der Waals surface area (Å²) in [5, 5.41) is 0. The molecule has 3 aromatic rings. The van der Waals surface area contributed by atoms with Crippen LogP contribution in [0.1, 0.15) is 27.0 Å². The molecular formula is C24H17FO2. The highest BCUT2D eigenvalue weighted by Gasteiger charge is 2.18. The van der Waals surface area contributed by atoms with Crippen LogP contribution in [0.4, 0.5) is 4.39 Å². The van der Waals surface area contributed by atoms with Gasteiger partial charge in [-0.25, -0.2) is 4.39 Å². The van der Waals surface area contributed by atoms with Crippen LogP contribution in [0.5, 0.6) is 5.75 Å². The summed E-state index contributed by atoms with van der Waals surface area (Å²) < 4.78 is 19.2. The second kappa shape index (κ2) is 7.04. The number of carbonyl (C=O) groups is 1. The molecule has 132 valence electrons. The number of hydrogen-bond donors (Lipinski definition) is 0. The van der Waals surface area contributed by atoms with Crippen molar-refractivity contribution in [3.05, 3.63) is 113 Å². The molecule has 0 saturated heterocycles. The molecule has 3 heteroatoms. The summed E-state index contributed by atoms with van der Waals surface area (Å²) in [5.74, 6) is 0.846. The van der Waals surface area contributed by atoms with Crippen molar-refractivity contribution in [3.63, 3.8) is 0 Å². The zero-order valence-corrected chi connectivity index (χ0v) is 14.8. The van der Waals surface area contributed by atoms with Gasteiger partial charge in [0.05, 0.1) is 0 Å². The molecule has 0 saturated carbocycles. The molecule has 0 unspecified atom stereocenters. The molecule has 1 aliphatic heterocycles. The first-order valence-electron chi connectivity index (χ1n) is 8.68. The number of rotatable bonds is 3. The zero-order chi connectivity index (χ0) is 18.8. The van der Waals surface area contributed by atoms with E-state index in [0.717, 1.165) is 22.3 Å². The van der Waals surface area contributed by atoms with E-state index in [4.69, 9.17) is 4.74 Å². The summed E-state index contributed by atoms with van der Waals surface area (Å²) in [6.45, 7) is 2.03. The number of fused-ring (bicyclic) bond motifs is 1. The van der Waals surface area contributed by atoms with Crippen molar-refractivity contribution in [1.82, 2.24) is 0 Å². The maximum atomic E-state index is 13.1. The van der Waals surface area contributed by atoms with Gasteiger partial charge in [0.15, 0.2) is 5.78 Å². The molecule has 3 aromatic carbocycles. The van der Waals surface area contributed by atoms with Crippen molar-refractivity contribution < 1.29 is 13.9 Å². The summed E-state index contributed by atoms with van der Waals surface area (Å²) in [6.07, 6.45) is 3.44. The minimum atomic E-state index is -0.364. The minimum Gasteiger partial charge on any atom is -0.456 e. The Bertz CT molecular complexity index is 1060. The third-order valence-corrected chi connectivity index (χ3v) is 4.46. The van der Waals surface area contributed by atoms with Gasteiger partial charge >= 0.3 is 0 Å². The maximum absolute atomic E-state index is 13.1. The second-order valence-electron chi connectivity index (χ2n) is 6.44. The van der Waals surface area contributed by atoms with Crippen molar-refractivity contribution in [2.45, 2.75) is 6.92 Å². The average Bonchev–Trinajstić information content (AvgIpc) is 2.69. The first kappa shape index (κ1) is 17.0. The lowest BCUT2D eigenvalue weighted by atomic mass is 9.97. The zero-order valence-electron chi connectivity index (χ0n) is 14.8. The molecule has 0 amide bonds. The number of hydrogen-bond acceptors (Lipinski definition) is 2. The Kier molecular flexibility index (Phi) is 4.43. The van der Waals surface area contributed by atoms with Crippen molar-refractivity contribution in [1.29, 1.82) is 0 Å². The molecule has 2 nitrogen and oxygen atoms in total. The third-order valence-electron chi connectivity index (χ3n) is 4.46. The van der Waals surface area contributed by atoms with Gasteiger partial charge in [-0.1, -0.05) is 48.0 Å². The number of halogens is 1. The van der Waals surface area contributed by atoms with E-state index < -0.39 is 0 Å². The normalized spacial score (nSPS) is 14.3. The van der Waals surface area contributed by atoms with Crippen LogP contribution in [-0.4, -0.2) is 5.78 Å². The molecule has 0 aromatic heterocycles. The molecule has 0 radical (unpaired) electrons. The number of ether oxygens (including phenoxy) is 1. The van der Waals surface area contributed by atoms with Crippen molar-refractivity contribution in [2.24, 2.45) is 0 Å². The summed E-state index contributed by atoms with van der Waals surface area (Å²) in [7, 11) is 0. The summed E-state index contributed by atoms with van der Waals surface area (Å²) in [6, 6.07) is 21.2. The number of para-hydroxylation sites is 1. The van der Waals surface area contributed by atoms with Gasteiger partial charge in [-0.3, -0.25) is 4.79 Å². The van der Waals surface area contributed by atoms with E-state index in [-0.39, 0.29) is 11.6 Å². The number of ketones is 1. The predicted molar refractivity (Wildman–Crippen MR) is 105 cm³/mol. The molecular weight excluding hydrogens is 339 g/mol. The number of benzene rings is 3. The summed E-state index contributed by atoms with van der Waals surface area (Å²) in [4.78, 5) is 12.7. The summed E-state index contributed by atoms with van der Waals surface area (Å²) in [5.41, 5.74) is 4.16. The van der Waals surface area contributed by atoms with Gasteiger partial charge in [0, 0.05) is 16.7 Å². The monoisotopic (exact) mass is 356 g/mol. The molecule has 0 atom stereocenters. The molecule has 0 bridgehead atoms. The minimum absolute atomic E-state index is 0.179. The fraction of sp³-hybridized carbons (Fsp3) is 0.0417. The largest absolute Gasteiger partial charge is 0.456 e. The lowest BCUT2D eigenvalue weighted by molar-refractivity contribution is 0.104. The molecule has 0 fully saturated rings. The van der Waals surface area contributed by atoms with E-state index in [1.165, 1.54) is 24.3 Å². The Morgan fingerprint density at radius 3 is 2.37 bits per heavy atom. The molecule has 0 N–H and O–H groups in total. The number of carbonyl (C=O) groups excluding carboxylic acids is 1. The Hall–Kier alpha value is -3.46. The predicted octanol–water partition coefficient (Wildman–Crippen LogP) is 5.83. The lowest BCUT2D eigenvalue weighted by Gasteiger charge is -2.20. The van der Waals surface area contributed by atoms with Gasteiger partial charge in [-0.05, 0) is 55.0 Å². The van der Waals surface area contributed by atoms with Crippen LogP contribution in [0, 0.1) is 12.7 Å². The summed E-state index contributed by atoms with van der Waals surface area (Å²) >= 11 is 0. The quantitative estimate of drug-likeness (QED) is 0.436. The fourth-order valence-corrected chi connectivity index (χ4v) is 2.98. The van der Waals surface area contributed by atoms with Crippen LogP contribution in [0.15, 0.2) is 84.9 Å². The van der Waals surface area contributed by atoms with Gasteiger partial charge in [0.1, 0.15) is 17.3 Å². The first-order valence-corrected chi connectivity index (χ1v) is 8.68. The molecule has 0 spiro atoms. The van der Waals surface area contributed by atoms with E-state index in [0.29, 0.717) is 17.1 Å². The molecule has 1 aliphatic rings. The van der Waals surface area contributed by atoms with Crippen molar-refractivity contribution in [2.75, 3.05) is 0 Å². The highest BCUT2D eigenvalue weighted by molar-refractivity contribution is 6.10. The van der Waals surface area contributed by atoms with Gasteiger partial charge in [0.25, 0.3) is 0 Å². The van der Waals surface area contributed by atoms with Gasteiger partial charge in [-0.15, -0.1) is 0 Å². The lowest BCUT2D eigenvalue weighted by Crippen LogP contribution is -2.05. The Balaban J connectivity index is 1.77. The molecule has 0 aliphatic carbocycles. The Morgan fingerprint density at radius 2 is 1.63 bits per heavy atom. The maximum Gasteiger partial charge on any atom is 0.186 e. The van der Waals surface area contributed by atoms with Crippen molar-refractivity contribution >= 4 is 17.1 Å². The van der Waals surface area contributed by atoms with Gasteiger partial charge in [0.2, 0.25) is 0 Å². The smallest absolute Gasteiger partial charge is 0.186 e. The van der Waals surface area contributed by atoms with Gasteiger partial charge in [-0.2, -0.15) is 0 Å². The van der Waals surface area contributed by atoms with Crippen molar-refractivity contribution in [3.8, 4) is 5.75 Å². The highest BCUT2D eigenvalue weighted by atomic mass is 19.1. The van der Waals surface area contributed by atoms with Gasteiger partial charge < -0.3 is 4.74 Å².